The average Bonchev–Trinajstić information content (AvgIpc) is 3.19. The van der Waals surface area contributed by atoms with Gasteiger partial charge in [-0.1, -0.05) is 59.5 Å². The Kier molecular flexibility index (Phi) is 7.52. The fraction of sp³-hybridized carbons (Fsp3) is 0.250. The molecule has 1 heterocycles. The van der Waals surface area contributed by atoms with E-state index >= 15 is 0 Å². The summed E-state index contributed by atoms with van der Waals surface area (Å²) in [6.45, 7) is 1.52. The number of ether oxygens (including phenoxy) is 1. The highest BCUT2D eigenvalue weighted by atomic mass is 32.2. The van der Waals surface area contributed by atoms with Crippen molar-refractivity contribution in [1.82, 2.24) is 10.2 Å². The Morgan fingerprint density at radius 3 is 2.61 bits per heavy atom. The molecule has 0 saturated heterocycles. The van der Waals surface area contributed by atoms with Crippen molar-refractivity contribution in [3.05, 3.63) is 60.2 Å². The summed E-state index contributed by atoms with van der Waals surface area (Å²) in [7, 11) is -2.24. The normalized spacial score (nSPS) is 12.2. The van der Waals surface area contributed by atoms with Gasteiger partial charge in [-0.25, -0.2) is 8.42 Å². The van der Waals surface area contributed by atoms with Crippen molar-refractivity contribution in [2.45, 2.75) is 23.1 Å². The zero-order valence-corrected chi connectivity index (χ0v) is 19.6. The number of hydrogen-bond donors (Lipinski definition) is 1. The second-order valence-corrected chi connectivity index (χ2v) is 10.6. The van der Waals surface area contributed by atoms with Gasteiger partial charge in [0.05, 0.1) is 19.1 Å². The second-order valence-electron chi connectivity index (χ2n) is 6.57. The fourth-order valence-corrected chi connectivity index (χ4v) is 5.68. The van der Waals surface area contributed by atoms with Gasteiger partial charge in [-0.3, -0.25) is 14.4 Å². The Labute approximate surface area is 189 Å². The predicted octanol–water partition coefficient (Wildman–Crippen LogP) is 3.63. The van der Waals surface area contributed by atoms with Gasteiger partial charge in [0.25, 0.3) is 0 Å². The van der Waals surface area contributed by atoms with Crippen LogP contribution in [0.1, 0.15) is 12.5 Å². The average molecular weight is 479 g/mol. The molecule has 2 aromatic carbocycles. The van der Waals surface area contributed by atoms with Gasteiger partial charge < -0.3 is 4.74 Å². The standard InChI is InChI=1S/C20H22N4O4S3/c1-14(24(31(3,26)27)16-10-7-11-17(12-16)28-2)18(25)21-19-22-23-20(30-19)29-13-15-8-5-4-6-9-15/h4-12,14H,13H2,1-3H3,(H,21,22,25). The van der Waals surface area contributed by atoms with Crippen molar-refractivity contribution in [2.75, 3.05) is 23.0 Å². The Bertz CT molecular complexity index is 1140. The highest BCUT2D eigenvalue weighted by Crippen LogP contribution is 2.29. The van der Waals surface area contributed by atoms with Gasteiger partial charge in [0, 0.05) is 11.8 Å². The number of carbonyl (C=O) groups is 1. The Morgan fingerprint density at radius 1 is 1.19 bits per heavy atom. The third-order valence-electron chi connectivity index (χ3n) is 4.24. The smallest absolute Gasteiger partial charge is 0.249 e. The van der Waals surface area contributed by atoms with Crippen LogP contribution in [0.2, 0.25) is 0 Å². The molecule has 31 heavy (non-hydrogen) atoms. The van der Waals surface area contributed by atoms with Crippen LogP contribution < -0.4 is 14.4 Å². The lowest BCUT2D eigenvalue weighted by atomic mass is 10.2. The lowest BCUT2D eigenvalue weighted by Crippen LogP contribution is -2.45. The number of sulfonamides is 1. The molecule has 1 N–H and O–H groups in total. The van der Waals surface area contributed by atoms with Gasteiger partial charge in [0.1, 0.15) is 11.8 Å². The fourth-order valence-electron chi connectivity index (χ4n) is 2.80. The molecule has 0 saturated carbocycles. The molecule has 0 fully saturated rings. The summed E-state index contributed by atoms with van der Waals surface area (Å²) >= 11 is 2.75. The SMILES string of the molecule is COc1cccc(N(C(C)C(=O)Nc2nnc(SCc3ccccc3)s2)S(C)(=O)=O)c1. The maximum Gasteiger partial charge on any atom is 0.249 e. The summed E-state index contributed by atoms with van der Waals surface area (Å²) in [5.74, 6) is 0.712. The van der Waals surface area contributed by atoms with Crippen molar-refractivity contribution < 1.29 is 17.9 Å². The molecule has 0 spiro atoms. The quantitative estimate of drug-likeness (QED) is 0.370. The van der Waals surface area contributed by atoms with Crippen LogP contribution in [0, 0.1) is 0 Å². The van der Waals surface area contributed by atoms with E-state index in [1.54, 1.807) is 24.3 Å². The Balaban J connectivity index is 1.70. The van der Waals surface area contributed by atoms with E-state index in [9.17, 15) is 13.2 Å². The van der Waals surface area contributed by atoms with Crippen LogP contribution in [0.25, 0.3) is 0 Å². The van der Waals surface area contributed by atoms with Gasteiger partial charge in [0.15, 0.2) is 4.34 Å². The van der Waals surface area contributed by atoms with Gasteiger partial charge in [-0.2, -0.15) is 0 Å². The molecule has 0 aliphatic rings. The van der Waals surface area contributed by atoms with E-state index < -0.39 is 22.0 Å². The van der Waals surface area contributed by atoms with Crippen molar-refractivity contribution in [1.29, 1.82) is 0 Å². The zero-order chi connectivity index (χ0) is 22.4. The van der Waals surface area contributed by atoms with E-state index in [2.05, 4.69) is 15.5 Å². The first-order valence-electron chi connectivity index (χ1n) is 9.22. The molecule has 3 rings (SSSR count). The predicted molar refractivity (Wildman–Crippen MR) is 124 cm³/mol. The largest absolute Gasteiger partial charge is 0.497 e. The first kappa shape index (κ1) is 23.0. The minimum absolute atomic E-state index is 0.312. The van der Waals surface area contributed by atoms with Crippen LogP contribution in [0.3, 0.4) is 0 Å². The molecule has 0 aliphatic carbocycles. The molecule has 0 aliphatic heterocycles. The molecule has 1 amide bonds. The van der Waals surface area contributed by atoms with Gasteiger partial charge in [0.2, 0.25) is 21.1 Å². The summed E-state index contributed by atoms with van der Waals surface area (Å²) in [6, 6.07) is 15.5. The minimum atomic E-state index is -3.73. The number of aromatic nitrogens is 2. The molecule has 164 valence electrons. The minimum Gasteiger partial charge on any atom is -0.497 e. The van der Waals surface area contributed by atoms with Crippen LogP contribution in [0.15, 0.2) is 58.9 Å². The number of carbonyl (C=O) groups excluding carboxylic acids is 1. The monoisotopic (exact) mass is 478 g/mol. The number of amides is 1. The van der Waals surface area contributed by atoms with E-state index in [0.717, 1.165) is 21.9 Å². The number of nitrogens with zero attached hydrogens (tertiary/aromatic N) is 3. The second kappa shape index (κ2) is 10.1. The highest BCUT2D eigenvalue weighted by Gasteiger charge is 2.30. The van der Waals surface area contributed by atoms with E-state index in [0.29, 0.717) is 20.9 Å². The van der Waals surface area contributed by atoms with Crippen LogP contribution in [0.4, 0.5) is 10.8 Å². The summed E-state index contributed by atoms with van der Waals surface area (Å²) in [5, 5.41) is 11.1. The molecule has 8 nitrogen and oxygen atoms in total. The lowest BCUT2D eigenvalue weighted by molar-refractivity contribution is -0.116. The topological polar surface area (TPSA) is 101 Å². The number of nitrogens with one attached hydrogen (secondary N) is 1. The Hall–Kier alpha value is -2.63. The molecule has 0 radical (unpaired) electrons. The number of anilines is 2. The summed E-state index contributed by atoms with van der Waals surface area (Å²) < 4.78 is 31.8. The lowest BCUT2D eigenvalue weighted by Gasteiger charge is -2.28. The van der Waals surface area contributed by atoms with E-state index in [-0.39, 0.29) is 0 Å². The van der Waals surface area contributed by atoms with Crippen LogP contribution in [-0.4, -0.2) is 43.9 Å². The van der Waals surface area contributed by atoms with Crippen LogP contribution >= 0.6 is 23.1 Å². The first-order valence-corrected chi connectivity index (χ1v) is 12.9. The third kappa shape index (κ3) is 6.18. The molecular weight excluding hydrogens is 456 g/mol. The third-order valence-corrected chi connectivity index (χ3v) is 7.52. The molecule has 11 heteroatoms. The van der Waals surface area contributed by atoms with Gasteiger partial charge >= 0.3 is 0 Å². The van der Waals surface area contributed by atoms with Crippen molar-refractivity contribution in [3.8, 4) is 5.75 Å². The maximum atomic E-state index is 12.8. The summed E-state index contributed by atoms with van der Waals surface area (Å²) in [4.78, 5) is 12.8. The number of hydrogen-bond acceptors (Lipinski definition) is 8. The van der Waals surface area contributed by atoms with Gasteiger partial charge in [-0.15, -0.1) is 10.2 Å². The van der Waals surface area contributed by atoms with E-state index in [4.69, 9.17) is 4.74 Å². The number of methoxy groups -OCH3 is 1. The highest BCUT2D eigenvalue weighted by molar-refractivity contribution is 8.00. The zero-order valence-electron chi connectivity index (χ0n) is 17.2. The van der Waals surface area contributed by atoms with Gasteiger partial charge in [-0.05, 0) is 24.6 Å². The van der Waals surface area contributed by atoms with Crippen molar-refractivity contribution >= 4 is 49.8 Å². The molecule has 1 aromatic heterocycles. The maximum absolute atomic E-state index is 12.8. The van der Waals surface area contributed by atoms with Crippen molar-refractivity contribution in [3.63, 3.8) is 0 Å². The summed E-state index contributed by atoms with van der Waals surface area (Å²) in [6.07, 6.45) is 1.06. The molecule has 3 aromatic rings. The Morgan fingerprint density at radius 2 is 1.94 bits per heavy atom. The number of rotatable bonds is 9. The molecule has 1 atom stereocenters. The number of thioether (sulfide) groups is 1. The van der Waals surface area contributed by atoms with Crippen LogP contribution in [-0.2, 0) is 20.6 Å². The number of benzene rings is 2. The van der Waals surface area contributed by atoms with E-state index in [1.807, 2.05) is 30.3 Å². The first-order chi connectivity index (χ1) is 14.8. The molecule has 1 unspecified atom stereocenters. The van der Waals surface area contributed by atoms with Crippen LogP contribution in [0.5, 0.6) is 5.75 Å². The molecule has 0 bridgehead atoms. The van der Waals surface area contributed by atoms with E-state index in [1.165, 1.54) is 37.1 Å². The summed E-state index contributed by atoms with van der Waals surface area (Å²) in [5.41, 5.74) is 1.49. The molecular formula is C20H22N4O4S3. The van der Waals surface area contributed by atoms with Crippen molar-refractivity contribution in [2.24, 2.45) is 0 Å².